The minimum absolute atomic E-state index is 0.00993. The van der Waals surface area contributed by atoms with Gasteiger partial charge in [-0.25, -0.2) is 8.42 Å². The Kier molecular flexibility index (Phi) is 6.95. The Morgan fingerprint density at radius 3 is 2.32 bits per heavy atom. The number of hydrogen-bond donors (Lipinski definition) is 1. The summed E-state index contributed by atoms with van der Waals surface area (Å²) in [4.78, 5) is 14.1. The van der Waals surface area contributed by atoms with Crippen molar-refractivity contribution in [2.24, 2.45) is 0 Å². The first-order chi connectivity index (χ1) is 13.4. The third-order valence-electron chi connectivity index (χ3n) is 4.56. The van der Waals surface area contributed by atoms with Gasteiger partial charge in [-0.15, -0.1) is 0 Å². The molecule has 0 spiro atoms. The van der Waals surface area contributed by atoms with Crippen LogP contribution in [0.2, 0.25) is 10.0 Å². The molecule has 0 unspecified atom stereocenters. The second-order valence-electron chi connectivity index (χ2n) is 6.49. The van der Waals surface area contributed by atoms with Gasteiger partial charge in [0.1, 0.15) is 4.90 Å². The monoisotopic (exact) mass is 441 g/mol. The Morgan fingerprint density at radius 1 is 0.964 bits per heavy atom. The highest BCUT2D eigenvalue weighted by Crippen LogP contribution is 2.31. The number of halogens is 2. The van der Waals surface area contributed by atoms with E-state index in [0.717, 1.165) is 5.56 Å². The molecule has 150 valence electrons. The number of rotatable bonds is 6. The zero-order valence-electron chi connectivity index (χ0n) is 15.1. The van der Waals surface area contributed by atoms with E-state index in [1.54, 1.807) is 12.1 Å². The van der Waals surface area contributed by atoms with Crippen molar-refractivity contribution in [1.82, 2.24) is 14.5 Å². The molecule has 9 heteroatoms. The Morgan fingerprint density at radius 2 is 1.64 bits per heavy atom. The molecule has 1 heterocycles. The van der Waals surface area contributed by atoms with Gasteiger partial charge in [-0.05, 0) is 17.7 Å². The predicted molar refractivity (Wildman–Crippen MR) is 110 cm³/mol. The molecule has 0 aromatic heterocycles. The average Bonchev–Trinajstić information content (AvgIpc) is 2.69. The molecule has 0 atom stereocenters. The van der Waals surface area contributed by atoms with Crippen LogP contribution in [0.5, 0.6) is 0 Å². The van der Waals surface area contributed by atoms with Crippen LogP contribution in [-0.2, 0) is 21.4 Å². The van der Waals surface area contributed by atoms with Gasteiger partial charge in [0.25, 0.3) is 0 Å². The van der Waals surface area contributed by atoms with Gasteiger partial charge in [0.2, 0.25) is 15.9 Å². The first kappa shape index (κ1) is 21.1. The second-order valence-corrected chi connectivity index (χ2v) is 9.19. The molecule has 0 aliphatic carbocycles. The van der Waals surface area contributed by atoms with E-state index in [1.807, 2.05) is 35.2 Å². The van der Waals surface area contributed by atoms with Crippen LogP contribution in [0.15, 0.2) is 53.4 Å². The summed E-state index contributed by atoms with van der Waals surface area (Å²) in [6, 6.07) is 14.2. The second kappa shape index (κ2) is 9.24. The van der Waals surface area contributed by atoms with Crippen LogP contribution in [0.25, 0.3) is 0 Å². The van der Waals surface area contributed by atoms with Crippen LogP contribution in [0.3, 0.4) is 0 Å². The molecule has 2 aromatic carbocycles. The normalized spacial score (nSPS) is 16.1. The SMILES string of the molecule is O=C(CN1CCN(S(=O)(=O)c2cccc(Cl)c2Cl)CC1)NCc1ccccc1. The Labute approximate surface area is 175 Å². The molecular weight excluding hydrogens is 421 g/mol. The molecule has 0 saturated carbocycles. The highest BCUT2D eigenvalue weighted by atomic mass is 35.5. The van der Waals surface area contributed by atoms with Crippen LogP contribution in [0.1, 0.15) is 5.56 Å². The van der Waals surface area contributed by atoms with Gasteiger partial charge in [-0.3, -0.25) is 9.69 Å². The summed E-state index contributed by atoms with van der Waals surface area (Å²) >= 11 is 12.0. The molecule has 3 rings (SSSR count). The van der Waals surface area contributed by atoms with E-state index in [1.165, 1.54) is 10.4 Å². The fourth-order valence-electron chi connectivity index (χ4n) is 3.01. The number of piperazine rings is 1. The van der Waals surface area contributed by atoms with E-state index in [2.05, 4.69) is 5.32 Å². The predicted octanol–water partition coefficient (Wildman–Crippen LogP) is 2.62. The molecule has 0 bridgehead atoms. The number of hydrogen-bond acceptors (Lipinski definition) is 4. The van der Waals surface area contributed by atoms with Crippen molar-refractivity contribution in [1.29, 1.82) is 0 Å². The van der Waals surface area contributed by atoms with Crippen molar-refractivity contribution >= 4 is 39.1 Å². The molecule has 6 nitrogen and oxygen atoms in total. The van der Waals surface area contributed by atoms with Gasteiger partial charge >= 0.3 is 0 Å². The van der Waals surface area contributed by atoms with Gasteiger partial charge < -0.3 is 5.32 Å². The molecule has 1 fully saturated rings. The Bertz CT molecular complexity index is 931. The molecule has 1 aliphatic heterocycles. The number of carbonyl (C=O) groups is 1. The molecule has 1 amide bonds. The fourth-order valence-corrected chi connectivity index (χ4v) is 5.16. The van der Waals surface area contributed by atoms with Crippen LogP contribution in [0, 0.1) is 0 Å². The molecule has 1 N–H and O–H groups in total. The van der Waals surface area contributed by atoms with E-state index in [9.17, 15) is 13.2 Å². The van der Waals surface area contributed by atoms with Gasteiger partial charge in [-0.2, -0.15) is 4.31 Å². The van der Waals surface area contributed by atoms with Crippen molar-refractivity contribution < 1.29 is 13.2 Å². The van der Waals surface area contributed by atoms with Crippen molar-refractivity contribution in [3.63, 3.8) is 0 Å². The summed E-state index contributed by atoms with van der Waals surface area (Å²) in [6.07, 6.45) is 0. The third kappa shape index (κ3) is 5.04. The Hall–Kier alpha value is -1.64. The summed E-state index contributed by atoms with van der Waals surface area (Å²) in [7, 11) is -3.72. The first-order valence-corrected chi connectivity index (χ1v) is 11.0. The number of amides is 1. The molecule has 28 heavy (non-hydrogen) atoms. The van der Waals surface area contributed by atoms with E-state index in [4.69, 9.17) is 23.2 Å². The van der Waals surface area contributed by atoms with Crippen LogP contribution < -0.4 is 5.32 Å². The van der Waals surface area contributed by atoms with Crippen molar-refractivity contribution in [3.8, 4) is 0 Å². The molecule has 2 aromatic rings. The largest absolute Gasteiger partial charge is 0.351 e. The molecule has 1 aliphatic rings. The standard InChI is InChI=1S/C19H21Cl2N3O3S/c20-16-7-4-8-17(19(16)21)28(26,27)24-11-9-23(10-12-24)14-18(25)22-13-15-5-2-1-3-6-15/h1-8H,9-14H2,(H,22,25). The summed E-state index contributed by atoms with van der Waals surface area (Å²) in [5.74, 6) is -0.0851. The lowest BCUT2D eigenvalue weighted by Gasteiger charge is -2.33. The Balaban J connectivity index is 1.52. The fraction of sp³-hybridized carbons (Fsp3) is 0.316. The van der Waals surface area contributed by atoms with E-state index >= 15 is 0 Å². The maximum atomic E-state index is 12.8. The lowest BCUT2D eigenvalue weighted by atomic mass is 10.2. The third-order valence-corrected chi connectivity index (χ3v) is 7.44. The highest BCUT2D eigenvalue weighted by Gasteiger charge is 2.31. The van der Waals surface area contributed by atoms with Gasteiger partial charge in [0, 0.05) is 32.7 Å². The van der Waals surface area contributed by atoms with E-state index in [-0.39, 0.29) is 40.5 Å². The lowest BCUT2D eigenvalue weighted by molar-refractivity contribution is -0.122. The van der Waals surface area contributed by atoms with Crippen molar-refractivity contribution in [2.45, 2.75) is 11.4 Å². The average molecular weight is 442 g/mol. The molecular formula is C19H21Cl2N3O3S. The van der Waals surface area contributed by atoms with Gasteiger partial charge in [0.15, 0.2) is 0 Å². The van der Waals surface area contributed by atoms with Crippen molar-refractivity contribution in [3.05, 3.63) is 64.1 Å². The number of nitrogens with one attached hydrogen (secondary N) is 1. The van der Waals surface area contributed by atoms with Gasteiger partial charge in [0.05, 0.1) is 16.6 Å². The quantitative estimate of drug-likeness (QED) is 0.747. The summed E-state index contributed by atoms with van der Waals surface area (Å²) in [6.45, 7) is 2.22. The van der Waals surface area contributed by atoms with Crippen LogP contribution >= 0.6 is 23.2 Å². The summed E-state index contributed by atoms with van der Waals surface area (Å²) < 4.78 is 27.0. The maximum Gasteiger partial charge on any atom is 0.244 e. The number of sulfonamides is 1. The van der Waals surface area contributed by atoms with Crippen molar-refractivity contribution in [2.75, 3.05) is 32.7 Å². The van der Waals surface area contributed by atoms with Crippen LogP contribution in [-0.4, -0.2) is 56.3 Å². The van der Waals surface area contributed by atoms with Gasteiger partial charge in [-0.1, -0.05) is 59.6 Å². The minimum Gasteiger partial charge on any atom is -0.351 e. The molecule has 0 radical (unpaired) electrons. The number of benzene rings is 2. The highest BCUT2D eigenvalue weighted by molar-refractivity contribution is 7.89. The zero-order valence-corrected chi connectivity index (χ0v) is 17.5. The summed E-state index contributed by atoms with van der Waals surface area (Å²) in [5, 5.41) is 3.12. The molecule has 1 saturated heterocycles. The number of carbonyl (C=O) groups excluding carboxylic acids is 1. The van der Waals surface area contributed by atoms with E-state index in [0.29, 0.717) is 19.6 Å². The maximum absolute atomic E-state index is 12.8. The van der Waals surface area contributed by atoms with Crippen LogP contribution in [0.4, 0.5) is 0 Å². The first-order valence-electron chi connectivity index (χ1n) is 8.85. The lowest BCUT2D eigenvalue weighted by Crippen LogP contribution is -2.51. The minimum atomic E-state index is -3.72. The number of nitrogens with zero attached hydrogens (tertiary/aromatic N) is 2. The van der Waals surface area contributed by atoms with E-state index < -0.39 is 10.0 Å². The summed E-state index contributed by atoms with van der Waals surface area (Å²) in [5.41, 5.74) is 1.03. The topological polar surface area (TPSA) is 69.7 Å². The zero-order chi connectivity index (χ0) is 20.1. The smallest absolute Gasteiger partial charge is 0.244 e.